The second-order valence-corrected chi connectivity index (χ2v) is 6.25. The van der Waals surface area contributed by atoms with E-state index in [9.17, 15) is 14.4 Å². The lowest BCUT2D eigenvalue weighted by molar-refractivity contribution is -0.138. The molecule has 0 saturated carbocycles. The molecule has 0 radical (unpaired) electrons. The third-order valence-electron chi connectivity index (χ3n) is 3.90. The Morgan fingerprint density at radius 3 is 2.44 bits per heavy atom. The molecule has 1 aromatic carbocycles. The van der Waals surface area contributed by atoms with Gasteiger partial charge in [0.2, 0.25) is 5.91 Å². The van der Waals surface area contributed by atoms with Crippen LogP contribution < -0.4 is 11.2 Å². The van der Waals surface area contributed by atoms with E-state index in [0.29, 0.717) is 19.4 Å². The molecule has 0 saturated heterocycles. The minimum Gasteiger partial charge on any atom is -0.344 e. The molecule has 0 heterocycles. The number of Topliss-reactive ketones (excluding diaryl/α,β-unsaturated/α-hetero) is 1. The second-order valence-electron chi connectivity index (χ2n) is 6.25. The van der Waals surface area contributed by atoms with Crippen LogP contribution >= 0.6 is 0 Å². The summed E-state index contributed by atoms with van der Waals surface area (Å²) in [6.07, 6.45) is 3.66. The Bertz CT molecular complexity index is 560. The van der Waals surface area contributed by atoms with Crippen LogP contribution in [0.1, 0.15) is 51.5 Å². The zero-order valence-electron chi connectivity index (χ0n) is 15.2. The number of nitrogens with two attached hydrogens (primary N) is 1. The largest absolute Gasteiger partial charge is 0.344 e. The Morgan fingerprint density at radius 2 is 1.84 bits per heavy atom. The predicted octanol–water partition coefficient (Wildman–Crippen LogP) is 1.98. The van der Waals surface area contributed by atoms with Crippen LogP contribution in [0, 0.1) is 0 Å². The number of carbonyl (C=O) groups excluding carboxylic acids is 3. The van der Waals surface area contributed by atoms with Crippen molar-refractivity contribution in [2.45, 2.75) is 58.4 Å². The number of hydrazine groups is 1. The molecule has 138 valence electrons. The summed E-state index contributed by atoms with van der Waals surface area (Å²) in [6, 6.07) is 8.79. The molecule has 6 heteroatoms. The van der Waals surface area contributed by atoms with E-state index >= 15 is 0 Å². The topological polar surface area (TPSA) is 92.5 Å². The maximum Gasteiger partial charge on any atom is 0.259 e. The molecule has 2 amide bonds. The van der Waals surface area contributed by atoms with Gasteiger partial charge in [-0.05, 0) is 25.3 Å². The fourth-order valence-corrected chi connectivity index (χ4v) is 2.49. The molecule has 0 bridgehead atoms. The number of nitrogens with zero attached hydrogens (tertiary/aromatic N) is 1. The number of hydrogen-bond acceptors (Lipinski definition) is 4. The van der Waals surface area contributed by atoms with E-state index in [-0.39, 0.29) is 18.1 Å². The second kappa shape index (κ2) is 11.4. The molecule has 0 aliphatic rings. The van der Waals surface area contributed by atoms with Gasteiger partial charge in [0.1, 0.15) is 11.8 Å². The first-order chi connectivity index (χ1) is 11.9. The molecule has 25 heavy (non-hydrogen) atoms. The minimum atomic E-state index is -0.896. The van der Waals surface area contributed by atoms with Gasteiger partial charge in [0, 0.05) is 19.4 Å². The van der Waals surface area contributed by atoms with Gasteiger partial charge in [-0.15, -0.1) is 0 Å². The Kier molecular flexibility index (Phi) is 9.47. The van der Waals surface area contributed by atoms with Gasteiger partial charge in [0.15, 0.2) is 0 Å². The molecule has 1 aromatic rings. The van der Waals surface area contributed by atoms with Gasteiger partial charge in [-0.3, -0.25) is 19.4 Å². The lowest BCUT2D eigenvalue weighted by atomic mass is 10.1. The Morgan fingerprint density at radius 1 is 1.16 bits per heavy atom. The van der Waals surface area contributed by atoms with Crippen LogP contribution in [0.25, 0.3) is 0 Å². The van der Waals surface area contributed by atoms with Gasteiger partial charge in [-0.1, -0.05) is 50.1 Å². The van der Waals surface area contributed by atoms with Crippen molar-refractivity contribution in [3.8, 4) is 0 Å². The van der Waals surface area contributed by atoms with E-state index < -0.39 is 11.9 Å². The summed E-state index contributed by atoms with van der Waals surface area (Å²) in [6.45, 7) is 3.77. The third-order valence-corrected chi connectivity index (χ3v) is 3.90. The lowest BCUT2D eigenvalue weighted by Gasteiger charge is -2.23. The van der Waals surface area contributed by atoms with Crippen LogP contribution in [0.3, 0.4) is 0 Å². The smallest absolute Gasteiger partial charge is 0.259 e. The Hall–Kier alpha value is -2.21. The molecular formula is C19H29N3O3. The number of rotatable bonds is 11. The molecule has 3 N–H and O–H groups in total. The zero-order valence-corrected chi connectivity index (χ0v) is 15.2. The van der Waals surface area contributed by atoms with Gasteiger partial charge in [-0.25, -0.2) is 5.84 Å². The maximum atomic E-state index is 12.5. The van der Waals surface area contributed by atoms with Gasteiger partial charge in [-0.2, -0.15) is 0 Å². The lowest BCUT2D eigenvalue weighted by Crippen LogP contribution is -2.52. The van der Waals surface area contributed by atoms with Crippen molar-refractivity contribution in [2.24, 2.45) is 5.84 Å². The zero-order chi connectivity index (χ0) is 18.7. The molecule has 0 aromatic heterocycles. The predicted molar refractivity (Wildman–Crippen MR) is 97.4 cm³/mol. The van der Waals surface area contributed by atoms with E-state index in [1.165, 1.54) is 6.92 Å². The number of ketones is 1. The van der Waals surface area contributed by atoms with Crippen molar-refractivity contribution >= 4 is 17.6 Å². The SMILES string of the molecule is CCCCCC(=O)N[C@H](CC(C)=O)C(=O)N(N)CCc1ccccc1. The number of benzene rings is 1. The molecule has 1 atom stereocenters. The molecule has 0 unspecified atom stereocenters. The quantitative estimate of drug-likeness (QED) is 0.277. The highest BCUT2D eigenvalue weighted by Crippen LogP contribution is 2.05. The van der Waals surface area contributed by atoms with Crippen LogP contribution in [0.2, 0.25) is 0 Å². The number of unbranched alkanes of at least 4 members (excludes halogenated alkanes) is 2. The van der Waals surface area contributed by atoms with E-state index in [0.717, 1.165) is 29.8 Å². The van der Waals surface area contributed by atoms with E-state index in [2.05, 4.69) is 12.2 Å². The summed E-state index contributed by atoms with van der Waals surface area (Å²) >= 11 is 0. The Labute approximate surface area is 149 Å². The monoisotopic (exact) mass is 347 g/mol. The fraction of sp³-hybridized carbons (Fsp3) is 0.526. The van der Waals surface area contributed by atoms with Gasteiger partial charge in [0.25, 0.3) is 5.91 Å². The highest BCUT2D eigenvalue weighted by molar-refractivity contribution is 5.91. The molecule has 0 spiro atoms. The summed E-state index contributed by atoms with van der Waals surface area (Å²) in [4.78, 5) is 35.9. The Balaban J connectivity index is 2.58. The molecule has 0 aliphatic heterocycles. The van der Waals surface area contributed by atoms with Crippen LogP contribution in [0.5, 0.6) is 0 Å². The molecule has 0 fully saturated rings. The summed E-state index contributed by atoms with van der Waals surface area (Å²) < 4.78 is 0. The number of amides is 2. The van der Waals surface area contributed by atoms with Crippen molar-refractivity contribution in [3.63, 3.8) is 0 Å². The number of carbonyl (C=O) groups is 3. The third kappa shape index (κ3) is 8.44. The number of nitrogens with one attached hydrogen (secondary N) is 1. The van der Waals surface area contributed by atoms with Crippen molar-refractivity contribution in [1.29, 1.82) is 0 Å². The first-order valence-electron chi connectivity index (χ1n) is 8.82. The van der Waals surface area contributed by atoms with E-state index in [1.54, 1.807) is 0 Å². The molecule has 6 nitrogen and oxygen atoms in total. The maximum absolute atomic E-state index is 12.5. The van der Waals surface area contributed by atoms with Crippen LogP contribution in [0.4, 0.5) is 0 Å². The van der Waals surface area contributed by atoms with Crippen molar-refractivity contribution in [3.05, 3.63) is 35.9 Å². The van der Waals surface area contributed by atoms with Gasteiger partial charge in [0.05, 0.1) is 0 Å². The molecule has 1 rings (SSSR count). The average molecular weight is 347 g/mol. The van der Waals surface area contributed by atoms with Crippen molar-refractivity contribution in [1.82, 2.24) is 10.3 Å². The first kappa shape index (κ1) is 20.8. The summed E-state index contributed by atoms with van der Waals surface area (Å²) in [7, 11) is 0. The van der Waals surface area contributed by atoms with Crippen LogP contribution in [-0.2, 0) is 20.8 Å². The molecular weight excluding hydrogens is 318 g/mol. The highest BCUT2D eigenvalue weighted by atomic mass is 16.2. The van der Waals surface area contributed by atoms with E-state index in [1.807, 2.05) is 30.3 Å². The van der Waals surface area contributed by atoms with Crippen LogP contribution in [0.15, 0.2) is 30.3 Å². The van der Waals surface area contributed by atoms with Crippen LogP contribution in [-0.4, -0.2) is 35.2 Å². The normalized spacial score (nSPS) is 11.6. The standard InChI is InChI=1S/C19H29N3O3/c1-3-4-6-11-18(24)21-17(14-15(2)23)19(25)22(20)13-12-16-9-7-5-8-10-16/h5,7-10,17H,3-4,6,11-14,20H2,1-2H3,(H,21,24)/t17-/m1/s1. The molecule has 0 aliphatic carbocycles. The van der Waals surface area contributed by atoms with Gasteiger partial charge >= 0.3 is 0 Å². The van der Waals surface area contributed by atoms with Crippen molar-refractivity contribution in [2.75, 3.05) is 6.54 Å². The summed E-state index contributed by atoms with van der Waals surface area (Å²) in [5.74, 6) is 5.04. The van der Waals surface area contributed by atoms with Gasteiger partial charge < -0.3 is 5.32 Å². The highest BCUT2D eigenvalue weighted by Gasteiger charge is 2.25. The van der Waals surface area contributed by atoms with Crippen molar-refractivity contribution < 1.29 is 14.4 Å². The summed E-state index contributed by atoms with van der Waals surface area (Å²) in [5, 5.41) is 3.75. The van der Waals surface area contributed by atoms with E-state index in [4.69, 9.17) is 5.84 Å². The first-order valence-corrected chi connectivity index (χ1v) is 8.82. The minimum absolute atomic E-state index is 0.0443. The number of hydrogen-bond donors (Lipinski definition) is 2. The fourth-order valence-electron chi connectivity index (χ4n) is 2.49. The average Bonchev–Trinajstić information content (AvgIpc) is 2.59. The summed E-state index contributed by atoms with van der Waals surface area (Å²) in [5.41, 5.74) is 1.07.